The van der Waals surface area contributed by atoms with Gasteiger partial charge in [0.15, 0.2) is 0 Å². The van der Waals surface area contributed by atoms with Gasteiger partial charge in [-0.2, -0.15) is 0 Å². The highest BCUT2D eigenvalue weighted by Gasteiger charge is 2.15. The summed E-state index contributed by atoms with van der Waals surface area (Å²) < 4.78 is 0. The number of aromatic nitrogens is 2. The summed E-state index contributed by atoms with van der Waals surface area (Å²) >= 11 is 24.3. The average molecular weight is 586 g/mol. The third kappa shape index (κ3) is 6.47. The number of H-pyrrole nitrogens is 1. The zero-order valence-corrected chi connectivity index (χ0v) is 22.9. The van der Waals surface area contributed by atoms with E-state index < -0.39 is 5.91 Å². The second kappa shape index (κ2) is 11.9. The first-order valence-corrected chi connectivity index (χ1v) is 12.7. The minimum absolute atomic E-state index is 0.210. The number of hydrogen-bond donors (Lipinski definition) is 3. The Bertz CT molecular complexity index is 1540. The van der Waals surface area contributed by atoms with E-state index in [9.17, 15) is 9.59 Å². The molecule has 0 atom stereocenters. The Hall–Kier alpha value is -3.55. The van der Waals surface area contributed by atoms with Crippen LogP contribution in [0, 0.1) is 6.92 Å². The van der Waals surface area contributed by atoms with E-state index in [1.807, 2.05) is 19.1 Å². The number of nitrogens with zero attached hydrogens (tertiary/aromatic N) is 1. The zero-order chi connectivity index (χ0) is 27.4. The molecule has 0 unspecified atom stereocenters. The maximum Gasteiger partial charge on any atom is 0.258 e. The van der Waals surface area contributed by atoms with Gasteiger partial charge in [0.25, 0.3) is 11.8 Å². The maximum atomic E-state index is 12.7. The molecule has 0 saturated carbocycles. The summed E-state index contributed by atoms with van der Waals surface area (Å²) in [6.45, 7) is 5.64. The number of rotatable bonds is 7. The summed E-state index contributed by atoms with van der Waals surface area (Å²) in [5.74, 6) is -0.185. The van der Waals surface area contributed by atoms with Gasteiger partial charge in [0.05, 0.1) is 21.3 Å². The van der Waals surface area contributed by atoms with Crippen molar-refractivity contribution in [3.63, 3.8) is 0 Å². The first kappa shape index (κ1) is 27.5. The Morgan fingerprint density at radius 3 is 2.16 bits per heavy atom. The van der Waals surface area contributed by atoms with Crippen LogP contribution in [0.4, 0.5) is 5.69 Å². The summed E-state index contributed by atoms with van der Waals surface area (Å²) in [5.41, 5.74) is 3.73. The highest BCUT2D eigenvalue weighted by Crippen LogP contribution is 2.26. The summed E-state index contributed by atoms with van der Waals surface area (Å²) in [6, 6.07) is 16.6. The van der Waals surface area contributed by atoms with Gasteiger partial charge in [-0.1, -0.05) is 59.0 Å². The monoisotopic (exact) mass is 584 g/mol. The molecule has 0 radical (unpaired) electrons. The lowest BCUT2D eigenvalue weighted by molar-refractivity contribution is 0.0966. The molecule has 38 heavy (non-hydrogen) atoms. The van der Waals surface area contributed by atoms with Crippen LogP contribution in [0.1, 0.15) is 32.1 Å². The van der Waals surface area contributed by atoms with Gasteiger partial charge in [-0.15, -0.1) is 0 Å². The summed E-state index contributed by atoms with van der Waals surface area (Å²) in [6.07, 6.45) is 3.22. The third-order valence-corrected chi connectivity index (χ3v) is 6.49. The molecule has 10 heteroatoms. The van der Waals surface area contributed by atoms with Crippen molar-refractivity contribution in [2.75, 3.05) is 5.32 Å². The van der Waals surface area contributed by atoms with Crippen molar-refractivity contribution in [1.29, 1.82) is 0 Å². The van der Waals surface area contributed by atoms with Gasteiger partial charge in [-0.25, -0.2) is 4.98 Å². The molecule has 6 nitrogen and oxygen atoms in total. The van der Waals surface area contributed by atoms with E-state index in [1.165, 1.54) is 18.2 Å². The molecule has 0 fully saturated rings. The van der Waals surface area contributed by atoms with Crippen molar-refractivity contribution in [3.8, 4) is 11.4 Å². The number of aryl methyl sites for hydroxylation is 1. The molecule has 0 saturated heterocycles. The van der Waals surface area contributed by atoms with Crippen molar-refractivity contribution < 1.29 is 9.59 Å². The highest BCUT2D eigenvalue weighted by molar-refractivity contribution is 6.40. The largest absolute Gasteiger partial charge is 0.342 e. The molecule has 4 aromatic rings. The van der Waals surface area contributed by atoms with Crippen LogP contribution in [-0.4, -0.2) is 21.8 Å². The standard InChI is InChI=1S/C28H20Cl4N4O2/c1-3-20(34-27(37)17-11-18(29)13-19(30)12-17)14-24-15(2)33-26(36-24)16-7-9-21(10-8-16)35-28(38)25-22(31)5-4-6-23(25)32/h3-14H,1H2,2H3,(H,33,36)(H,34,37)(H,35,38)/b20-14+. The van der Waals surface area contributed by atoms with E-state index in [-0.39, 0.29) is 21.5 Å². The number of halogens is 4. The predicted molar refractivity (Wildman–Crippen MR) is 155 cm³/mol. The fourth-order valence-corrected chi connectivity index (χ4v) is 4.65. The van der Waals surface area contributed by atoms with Crippen LogP contribution in [0.5, 0.6) is 0 Å². The molecule has 192 valence electrons. The molecule has 1 aromatic heterocycles. The summed E-state index contributed by atoms with van der Waals surface area (Å²) in [4.78, 5) is 33.2. The lowest BCUT2D eigenvalue weighted by atomic mass is 10.1. The number of carbonyl (C=O) groups is 2. The number of allylic oxidation sites excluding steroid dienone is 1. The maximum absolute atomic E-state index is 12.7. The molecule has 3 aromatic carbocycles. The molecule has 1 heterocycles. The number of aromatic amines is 1. The number of imidazole rings is 1. The van der Waals surface area contributed by atoms with E-state index in [1.54, 1.807) is 42.5 Å². The molecule has 0 aliphatic heterocycles. The van der Waals surface area contributed by atoms with Crippen LogP contribution in [0.3, 0.4) is 0 Å². The lowest BCUT2D eigenvalue weighted by Crippen LogP contribution is -2.21. The first-order valence-electron chi connectivity index (χ1n) is 11.2. The van der Waals surface area contributed by atoms with Gasteiger partial charge in [-0.05, 0) is 73.7 Å². The second-order valence-electron chi connectivity index (χ2n) is 8.14. The molecule has 0 bridgehead atoms. The van der Waals surface area contributed by atoms with Crippen molar-refractivity contribution >= 4 is 70.0 Å². The summed E-state index contributed by atoms with van der Waals surface area (Å²) in [5, 5.41) is 6.83. The van der Waals surface area contributed by atoms with E-state index in [4.69, 9.17) is 46.4 Å². The molecule has 4 rings (SSSR count). The van der Waals surface area contributed by atoms with Crippen molar-refractivity contribution in [3.05, 3.63) is 122 Å². The molecule has 0 aliphatic rings. The van der Waals surface area contributed by atoms with E-state index in [2.05, 4.69) is 27.2 Å². The molecular formula is C28H20Cl4N4O2. The van der Waals surface area contributed by atoms with Crippen molar-refractivity contribution in [1.82, 2.24) is 15.3 Å². The molecule has 3 N–H and O–H groups in total. The number of anilines is 1. The van der Waals surface area contributed by atoms with Crippen LogP contribution < -0.4 is 10.6 Å². The fraction of sp³-hybridized carbons (Fsp3) is 0.0357. The number of nitrogens with one attached hydrogen (secondary N) is 3. The molecular weight excluding hydrogens is 566 g/mol. The molecule has 2 amide bonds. The van der Waals surface area contributed by atoms with E-state index in [0.717, 1.165) is 11.3 Å². The van der Waals surface area contributed by atoms with E-state index in [0.29, 0.717) is 38.5 Å². The summed E-state index contributed by atoms with van der Waals surface area (Å²) in [7, 11) is 0. The molecule has 0 spiro atoms. The Morgan fingerprint density at radius 2 is 1.55 bits per heavy atom. The average Bonchev–Trinajstić information content (AvgIpc) is 3.23. The van der Waals surface area contributed by atoms with E-state index >= 15 is 0 Å². The fourth-order valence-electron chi connectivity index (χ4n) is 3.55. The van der Waals surface area contributed by atoms with Gasteiger partial charge in [0, 0.05) is 38.3 Å². The van der Waals surface area contributed by atoms with Crippen molar-refractivity contribution in [2.45, 2.75) is 6.92 Å². The number of hydrogen-bond acceptors (Lipinski definition) is 3. The van der Waals surface area contributed by atoms with Crippen LogP contribution in [0.15, 0.2) is 79.0 Å². The highest BCUT2D eigenvalue weighted by atomic mass is 35.5. The topological polar surface area (TPSA) is 86.9 Å². The van der Waals surface area contributed by atoms with Gasteiger partial charge in [0.1, 0.15) is 5.82 Å². The van der Waals surface area contributed by atoms with Crippen LogP contribution >= 0.6 is 46.4 Å². The van der Waals surface area contributed by atoms with Crippen LogP contribution in [0.2, 0.25) is 20.1 Å². The first-order chi connectivity index (χ1) is 18.1. The van der Waals surface area contributed by atoms with Crippen molar-refractivity contribution in [2.24, 2.45) is 0 Å². The van der Waals surface area contributed by atoms with Gasteiger partial charge >= 0.3 is 0 Å². The van der Waals surface area contributed by atoms with Gasteiger partial charge in [0.2, 0.25) is 0 Å². The number of amides is 2. The van der Waals surface area contributed by atoms with Crippen LogP contribution in [0.25, 0.3) is 17.5 Å². The zero-order valence-electron chi connectivity index (χ0n) is 19.9. The smallest absolute Gasteiger partial charge is 0.258 e. The second-order valence-corrected chi connectivity index (χ2v) is 9.83. The minimum Gasteiger partial charge on any atom is -0.342 e. The Balaban J connectivity index is 1.50. The predicted octanol–water partition coefficient (Wildman–Crippen LogP) is 8.21. The Labute approximate surface area is 239 Å². The van der Waals surface area contributed by atoms with Gasteiger partial charge in [-0.3, -0.25) is 9.59 Å². The number of benzene rings is 3. The number of carbonyl (C=O) groups excluding carboxylic acids is 2. The molecule has 0 aliphatic carbocycles. The third-order valence-electron chi connectivity index (χ3n) is 5.42. The Kier molecular flexibility index (Phi) is 8.59. The SMILES string of the molecule is C=C/C(=C\c1nc(-c2ccc(NC(=O)c3c(Cl)cccc3Cl)cc2)[nH]c1C)NC(=O)c1cc(Cl)cc(Cl)c1. The lowest BCUT2D eigenvalue weighted by Gasteiger charge is -2.09. The van der Waals surface area contributed by atoms with Crippen LogP contribution in [-0.2, 0) is 0 Å². The normalized spacial score (nSPS) is 11.2. The minimum atomic E-state index is -0.409. The quantitative estimate of drug-likeness (QED) is 0.191. The van der Waals surface area contributed by atoms with Gasteiger partial charge < -0.3 is 15.6 Å². The Morgan fingerprint density at radius 1 is 0.921 bits per heavy atom.